The second-order valence-corrected chi connectivity index (χ2v) is 5.74. The van der Waals surface area contributed by atoms with Crippen LogP contribution in [-0.2, 0) is 0 Å². The van der Waals surface area contributed by atoms with E-state index in [1.165, 1.54) is 6.33 Å². The van der Waals surface area contributed by atoms with E-state index in [1.807, 2.05) is 12.1 Å². The topological polar surface area (TPSA) is 86.0 Å². The fraction of sp³-hybridized carbons (Fsp3) is 0. The minimum atomic E-state index is 0.254. The Morgan fingerprint density at radius 1 is 1.09 bits per heavy atom. The number of hydrogen-bond donors (Lipinski definition) is 2. The van der Waals surface area contributed by atoms with Crippen molar-refractivity contribution in [1.29, 1.82) is 0 Å². The molecule has 0 unspecified atom stereocenters. The fourth-order valence-electron chi connectivity index (χ4n) is 1.78. The first kappa shape index (κ1) is 15.5. The molecule has 3 rings (SSSR count). The number of pyridine rings is 1. The summed E-state index contributed by atoms with van der Waals surface area (Å²) in [6.07, 6.45) is 2.95. The molecule has 0 bridgehead atoms. The van der Waals surface area contributed by atoms with Crippen LogP contribution in [-0.4, -0.2) is 15.0 Å². The van der Waals surface area contributed by atoms with Gasteiger partial charge in [-0.15, -0.1) is 0 Å². The van der Waals surface area contributed by atoms with Crippen molar-refractivity contribution in [2.45, 2.75) is 0 Å². The minimum Gasteiger partial charge on any atom is -0.437 e. The van der Waals surface area contributed by atoms with Gasteiger partial charge in [0.05, 0.1) is 5.69 Å². The van der Waals surface area contributed by atoms with Crippen molar-refractivity contribution in [1.82, 2.24) is 15.0 Å². The van der Waals surface area contributed by atoms with Crippen LogP contribution in [0.2, 0.25) is 5.15 Å². The van der Waals surface area contributed by atoms with Crippen molar-refractivity contribution in [2.75, 3.05) is 11.1 Å². The molecule has 23 heavy (non-hydrogen) atoms. The van der Waals surface area contributed by atoms with E-state index in [9.17, 15) is 0 Å². The maximum Gasteiger partial charge on any atom is 0.248 e. The number of nitrogens with one attached hydrogen (secondary N) is 1. The third-order valence-corrected chi connectivity index (χ3v) is 3.72. The number of nitrogen functional groups attached to an aromatic ring is 1. The summed E-state index contributed by atoms with van der Waals surface area (Å²) in [4.78, 5) is 12.2. The fourth-order valence-corrected chi connectivity index (χ4v) is 2.21. The van der Waals surface area contributed by atoms with E-state index < -0.39 is 0 Å². The molecule has 0 saturated heterocycles. The van der Waals surface area contributed by atoms with Crippen LogP contribution in [0.15, 0.2) is 53.4 Å². The molecule has 3 N–H and O–H groups in total. The van der Waals surface area contributed by atoms with Gasteiger partial charge in [-0.05, 0) is 36.4 Å². The third kappa shape index (κ3) is 3.69. The Morgan fingerprint density at radius 2 is 1.87 bits per heavy atom. The quantitative estimate of drug-likeness (QED) is 0.640. The summed E-state index contributed by atoms with van der Waals surface area (Å²) in [6, 6.07) is 10.9. The average molecular weight is 393 g/mol. The van der Waals surface area contributed by atoms with Gasteiger partial charge >= 0.3 is 0 Å². The monoisotopic (exact) mass is 391 g/mol. The summed E-state index contributed by atoms with van der Waals surface area (Å²) < 4.78 is 6.64. The number of hydrogen-bond acceptors (Lipinski definition) is 6. The van der Waals surface area contributed by atoms with Crippen LogP contribution in [0.1, 0.15) is 0 Å². The Labute approximate surface area is 145 Å². The smallest absolute Gasteiger partial charge is 0.248 e. The molecule has 0 amide bonds. The number of aromatic nitrogens is 3. The van der Waals surface area contributed by atoms with Gasteiger partial charge in [0.1, 0.15) is 17.8 Å². The molecule has 0 fully saturated rings. The largest absolute Gasteiger partial charge is 0.437 e. The van der Waals surface area contributed by atoms with E-state index in [1.54, 1.807) is 30.5 Å². The molecule has 2 heterocycles. The van der Waals surface area contributed by atoms with E-state index in [-0.39, 0.29) is 11.6 Å². The van der Waals surface area contributed by atoms with Crippen LogP contribution in [0, 0.1) is 0 Å². The van der Waals surface area contributed by atoms with Gasteiger partial charge in [0.25, 0.3) is 0 Å². The molecule has 116 valence electrons. The molecule has 0 atom stereocenters. The zero-order valence-electron chi connectivity index (χ0n) is 11.7. The summed E-state index contributed by atoms with van der Waals surface area (Å²) in [6.45, 7) is 0. The van der Waals surface area contributed by atoms with Gasteiger partial charge in [-0.1, -0.05) is 27.5 Å². The van der Waals surface area contributed by atoms with Crippen molar-refractivity contribution in [3.05, 3.63) is 58.5 Å². The molecule has 0 saturated carbocycles. The van der Waals surface area contributed by atoms with Crippen LogP contribution < -0.4 is 15.8 Å². The molecule has 0 aliphatic heterocycles. The molecular formula is C15H11BrClN5O. The number of benzene rings is 1. The lowest BCUT2D eigenvalue weighted by molar-refractivity contribution is 0.464. The van der Waals surface area contributed by atoms with Crippen LogP contribution in [0.3, 0.4) is 0 Å². The number of ether oxygens (including phenoxy) is 1. The van der Waals surface area contributed by atoms with Crippen LogP contribution in [0.4, 0.5) is 17.2 Å². The molecule has 6 nitrogen and oxygen atoms in total. The normalized spacial score (nSPS) is 10.3. The minimum absolute atomic E-state index is 0.254. The van der Waals surface area contributed by atoms with Crippen molar-refractivity contribution >= 4 is 44.7 Å². The summed E-state index contributed by atoms with van der Waals surface area (Å²) in [5.74, 6) is 1.26. The highest BCUT2D eigenvalue weighted by atomic mass is 79.9. The van der Waals surface area contributed by atoms with E-state index in [4.69, 9.17) is 22.1 Å². The van der Waals surface area contributed by atoms with Gasteiger partial charge in [-0.3, -0.25) is 0 Å². The van der Waals surface area contributed by atoms with Gasteiger partial charge in [0.15, 0.2) is 11.0 Å². The standard InChI is InChI=1S/C15H11BrClN5O/c16-9-3-5-10(6-4-9)23-15-12(18)14(20-8-21-15)22-11-2-1-7-19-13(11)17/h1-8H,18H2,(H,20,21,22). The molecule has 1 aromatic carbocycles. The second kappa shape index (κ2) is 6.80. The number of anilines is 3. The molecule has 2 aromatic heterocycles. The van der Waals surface area contributed by atoms with Gasteiger partial charge in [-0.25, -0.2) is 9.97 Å². The zero-order chi connectivity index (χ0) is 16.2. The number of rotatable bonds is 4. The first-order chi connectivity index (χ1) is 11.1. The van der Waals surface area contributed by atoms with Gasteiger partial charge < -0.3 is 15.8 Å². The molecular weight excluding hydrogens is 382 g/mol. The number of nitrogens with zero attached hydrogens (tertiary/aromatic N) is 3. The van der Waals surface area contributed by atoms with E-state index in [2.05, 4.69) is 36.2 Å². The summed E-state index contributed by atoms with van der Waals surface area (Å²) in [5.41, 5.74) is 6.94. The van der Waals surface area contributed by atoms with Gasteiger partial charge in [-0.2, -0.15) is 4.98 Å². The predicted octanol–water partition coefficient (Wildman–Crippen LogP) is 4.41. The van der Waals surface area contributed by atoms with Crippen LogP contribution >= 0.6 is 27.5 Å². The lowest BCUT2D eigenvalue weighted by atomic mass is 10.3. The molecule has 0 spiro atoms. The Morgan fingerprint density at radius 3 is 2.61 bits per heavy atom. The van der Waals surface area contributed by atoms with E-state index in [0.29, 0.717) is 22.4 Å². The van der Waals surface area contributed by atoms with Crippen molar-refractivity contribution in [2.24, 2.45) is 0 Å². The van der Waals surface area contributed by atoms with Crippen LogP contribution in [0.25, 0.3) is 0 Å². The predicted molar refractivity (Wildman–Crippen MR) is 93.2 cm³/mol. The number of halogens is 2. The summed E-state index contributed by atoms with van der Waals surface area (Å²) >= 11 is 9.38. The SMILES string of the molecule is Nc1c(Nc2cccnc2Cl)ncnc1Oc1ccc(Br)cc1. The second-order valence-electron chi connectivity index (χ2n) is 4.46. The van der Waals surface area contributed by atoms with E-state index >= 15 is 0 Å². The van der Waals surface area contributed by atoms with Crippen molar-refractivity contribution < 1.29 is 4.74 Å². The highest BCUT2D eigenvalue weighted by Crippen LogP contribution is 2.32. The van der Waals surface area contributed by atoms with Gasteiger partial charge in [0.2, 0.25) is 5.88 Å². The Hall–Kier alpha value is -2.38. The van der Waals surface area contributed by atoms with Crippen molar-refractivity contribution in [3.63, 3.8) is 0 Å². The van der Waals surface area contributed by atoms with Crippen molar-refractivity contribution in [3.8, 4) is 11.6 Å². The molecule has 0 aliphatic carbocycles. The first-order valence-corrected chi connectivity index (χ1v) is 7.72. The van der Waals surface area contributed by atoms with Gasteiger partial charge in [0, 0.05) is 10.7 Å². The average Bonchev–Trinajstić information content (AvgIpc) is 2.55. The summed E-state index contributed by atoms with van der Waals surface area (Å²) in [7, 11) is 0. The third-order valence-electron chi connectivity index (χ3n) is 2.89. The Kier molecular flexibility index (Phi) is 4.59. The Balaban J connectivity index is 1.86. The Bertz CT molecular complexity index is 828. The molecule has 8 heteroatoms. The zero-order valence-corrected chi connectivity index (χ0v) is 14.0. The maximum atomic E-state index is 6.07. The highest BCUT2D eigenvalue weighted by Gasteiger charge is 2.12. The lowest BCUT2D eigenvalue weighted by Gasteiger charge is -2.12. The highest BCUT2D eigenvalue weighted by molar-refractivity contribution is 9.10. The summed E-state index contributed by atoms with van der Waals surface area (Å²) in [5, 5.41) is 3.34. The lowest BCUT2D eigenvalue weighted by Crippen LogP contribution is -2.03. The van der Waals surface area contributed by atoms with Crippen LogP contribution in [0.5, 0.6) is 11.6 Å². The molecule has 3 aromatic rings. The maximum absolute atomic E-state index is 6.07. The van der Waals surface area contributed by atoms with E-state index in [0.717, 1.165) is 4.47 Å². The molecule has 0 radical (unpaired) electrons. The first-order valence-electron chi connectivity index (χ1n) is 6.55. The molecule has 0 aliphatic rings. The number of nitrogens with two attached hydrogens (primary N) is 1.